The highest BCUT2D eigenvalue weighted by molar-refractivity contribution is 14.1. The second-order valence-corrected chi connectivity index (χ2v) is 7.90. The zero-order chi connectivity index (χ0) is 14.9. The standard InChI is InChI=1S/C15H20IN3S/c1-6-17-14-12(16)9(2)18-13(19-14)10-7-8-11(20-10)15(3,4)5/h7-8H,6H2,1-5H3,(H,17,18,19). The van der Waals surface area contributed by atoms with Gasteiger partial charge in [-0.1, -0.05) is 20.8 Å². The largest absolute Gasteiger partial charge is 0.369 e. The van der Waals surface area contributed by atoms with Gasteiger partial charge in [0.25, 0.3) is 0 Å². The van der Waals surface area contributed by atoms with Crippen molar-refractivity contribution in [2.45, 2.75) is 40.0 Å². The smallest absolute Gasteiger partial charge is 0.171 e. The van der Waals surface area contributed by atoms with Gasteiger partial charge in [0.15, 0.2) is 5.82 Å². The van der Waals surface area contributed by atoms with Crippen molar-refractivity contribution in [2.24, 2.45) is 0 Å². The minimum atomic E-state index is 0.172. The van der Waals surface area contributed by atoms with E-state index in [1.165, 1.54) is 4.88 Å². The molecule has 0 aliphatic carbocycles. The number of thiophene rings is 1. The van der Waals surface area contributed by atoms with E-state index in [1.54, 1.807) is 11.3 Å². The number of anilines is 1. The Morgan fingerprint density at radius 2 is 1.95 bits per heavy atom. The van der Waals surface area contributed by atoms with E-state index >= 15 is 0 Å². The molecule has 0 unspecified atom stereocenters. The second kappa shape index (κ2) is 5.97. The molecule has 0 saturated heterocycles. The van der Waals surface area contributed by atoms with Crippen molar-refractivity contribution in [3.8, 4) is 10.7 Å². The summed E-state index contributed by atoms with van der Waals surface area (Å²) >= 11 is 4.08. The van der Waals surface area contributed by atoms with E-state index < -0.39 is 0 Å². The Kier molecular flexibility index (Phi) is 4.69. The molecule has 0 bridgehead atoms. The average molecular weight is 401 g/mol. The molecule has 0 aromatic carbocycles. The fraction of sp³-hybridized carbons (Fsp3) is 0.467. The second-order valence-electron chi connectivity index (χ2n) is 5.74. The molecule has 3 nitrogen and oxygen atoms in total. The van der Waals surface area contributed by atoms with E-state index in [-0.39, 0.29) is 5.41 Å². The van der Waals surface area contributed by atoms with Crippen LogP contribution in [0.1, 0.15) is 38.3 Å². The molecule has 0 radical (unpaired) electrons. The first kappa shape index (κ1) is 15.7. The Balaban J connectivity index is 2.45. The lowest BCUT2D eigenvalue weighted by Crippen LogP contribution is -2.07. The molecule has 0 saturated carbocycles. The first-order valence-corrected chi connectivity index (χ1v) is 8.61. The minimum Gasteiger partial charge on any atom is -0.369 e. The fourth-order valence-electron chi connectivity index (χ4n) is 1.82. The van der Waals surface area contributed by atoms with Crippen LogP contribution < -0.4 is 5.32 Å². The zero-order valence-electron chi connectivity index (χ0n) is 12.5. The summed E-state index contributed by atoms with van der Waals surface area (Å²) in [7, 11) is 0. The van der Waals surface area contributed by atoms with Crippen molar-refractivity contribution < 1.29 is 0 Å². The van der Waals surface area contributed by atoms with Gasteiger partial charge in [0.2, 0.25) is 0 Å². The van der Waals surface area contributed by atoms with Crippen LogP contribution in [0.4, 0.5) is 5.82 Å². The van der Waals surface area contributed by atoms with Gasteiger partial charge in [-0.05, 0) is 54.0 Å². The molecule has 2 aromatic rings. The van der Waals surface area contributed by atoms with Crippen LogP contribution >= 0.6 is 33.9 Å². The van der Waals surface area contributed by atoms with Crippen molar-refractivity contribution >= 4 is 39.7 Å². The Labute approximate surface area is 138 Å². The highest BCUT2D eigenvalue weighted by atomic mass is 127. The third kappa shape index (κ3) is 3.31. The lowest BCUT2D eigenvalue weighted by molar-refractivity contribution is 0.604. The number of aromatic nitrogens is 2. The summed E-state index contributed by atoms with van der Waals surface area (Å²) in [6, 6.07) is 4.31. The monoisotopic (exact) mass is 401 g/mol. The van der Waals surface area contributed by atoms with Crippen molar-refractivity contribution in [1.82, 2.24) is 9.97 Å². The van der Waals surface area contributed by atoms with E-state index in [2.05, 4.69) is 77.7 Å². The highest BCUT2D eigenvalue weighted by Gasteiger charge is 2.18. The molecular formula is C15H20IN3S. The summed E-state index contributed by atoms with van der Waals surface area (Å²) < 4.78 is 1.10. The van der Waals surface area contributed by atoms with Crippen LogP contribution in [0.15, 0.2) is 12.1 Å². The van der Waals surface area contributed by atoms with Gasteiger partial charge >= 0.3 is 0 Å². The number of halogens is 1. The highest BCUT2D eigenvalue weighted by Crippen LogP contribution is 2.34. The van der Waals surface area contributed by atoms with Crippen LogP contribution in [0.3, 0.4) is 0 Å². The van der Waals surface area contributed by atoms with Gasteiger partial charge in [0.05, 0.1) is 14.1 Å². The van der Waals surface area contributed by atoms with E-state index in [9.17, 15) is 0 Å². The summed E-state index contributed by atoms with van der Waals surface area (Å²) in [6.45, 7) is 11.7. The maximum absolute atomic E-state index is 4.67. The molecule has 0 aliphatic heterocycles. The van der Waals surface area contributed by atoms with E-state index in [0.717, 1.165) is 32.3 Å². The van der Waals surface area contributed by atoms with Crippen LogP contribution in [0.2, 0.25) is 0 Å². The van der Waals surface area contributed by atoms with Gasteiger partial charge in [-0.15, -0.1) is 11.3 Å². The normalized spacial score (nSPS) is 11.7. The summed E-state index contributed by atoms with van der Waals surface area (Å²) in [4.78, 5) is 11.8. The molecule has 0 fully saturated rings. The van der Waals surface area contributed by atoms with E-state index in [4.69, 9.17) is 0 Å². The molecule has 2 aromatic heterocycles. The Hall–Kier alpha value is -0.690. The summed E-state index contributed by atoms with van der Waals surface area (Å²) in [6.07, 6.45) is 0. The Morgan fingerprint density at radius 1 is 1.25 bits per heavy atom. The molecule has 2 heterocycles. The van der Waals surface area contributed by atoms with Gasteiger partial charge in [-0.2, -0.15) is 0 Å². The molecule has 0 atom stereocenters. The van der Waals surface area contributed by atoms with Crippen LogP contribution in [0.5, 0.6) is 0 Å². The predicted molar refractivity (Wildman–Crippen MR) is 95.7 cm³/mol. The molecule has 0 amide bonds. The molecule has 2 rings (SSSR count). The number of nitrogens with one attached hydrogen (secondary N) is 1. The number of nitrogens with zero attached hydrogens (tertiary/aromatic N) is 2. The summed E-state index contributed by atoms with van der Waals surface area (Å²) in [5.74, 6) is 1.75. The summed E-state index contributed by atoms with van der Waals surface area (Å²) in [5, 5.41) is 3.31. The van der Waals surface area contributed by atoms with Gasteiger partial charge in [0.1, 0.15) is 5.82 Å². The van der Waals surface area contributed by atoms with Crippen molar-refractivity contribution in [2.75, 3.05) is 11.9 Å². The van der Waals surface area contributed by atoms with Gasteiger partial charge in [-0.25, -0.2) is 9.97 Å². The molecule has 20 heavy (non-hydrogen) atoms. The number of rotatable bonds is 3. The number of hydrogen-bond donors (Lipinski definition) is 1. The van der Waals surface area contributed by atoms with Crippen LogP contribution in [0, 0.1) is 10.5 Å². The average Bonchev–Trinajstić information content (AvgIpc) is 2.84. The molecule has 5 heteroatoms. The van der Waals surface area contributed by atoms with E-state index in [0.29, 0.717) is 0 Å². The quantitative estimate of drug-likeness (QED) is 0.748. The number of hydrogen-bond acceptors (Lipinski definition) is 4. The van der Waals surface area contributed by atoms with Crippen LogP contribution in [-0.4, -0.2) is 16.5 Å². The Morgan fingerprint density at radius 3 is 2.50 bits per heavy atom. The van der Waals surface area contributed by atoms with Crippen LogP contribution in [0.25, 0.3) is 10.7 Å². The van der Waals surface area contributed by atoms with Gasteiger partial charge in [-0.3, -0.25) is 0 Å². The van der Waals surface area contributed by atoms with Gasteiger partial charge in [0, 0.05) is 11.4 Å². The van der Waals surface area contributed by atoms with Crippen molar-refractivity contribution in [3.05, 3.63) is 26.3 Å². The topological polar surface area (TPSA) is 37.8 Å². The summed E-state index contributed by atoms with van der Waals surface area (Å²) in [5.41, 5.74) is 1.20. The lowest BCUT2D eigenvalue weighted by atomic mass is 9.95. The minimum absolute atomic E-state index is 0.172. The first-order valence-electron chi connectivity index (χ1n) is 6.71. The van der Waals surface area contributed by atoms with E-state index in [1.807, 2.05) is 6.92 Å². The third-order valence-electron chi connectivity index (χ3n) is 2.93. The molecule has 0 aliphatic rings. The maximum Gasteiger partial charge on any atom is 0.171 e. The zero-order valence-corrected chi connectivity index (χ0v) is 15.5. The molecule has 108 valence electrons. The molecule has 0 spiro atoms. The number of aryl methyl sites for hydroxylation is 1. The SMILES string of the molecule is CCNc1nc(-c2ccc(C(C)(C)C)s2)nc(C)c1I. The fourth-order valence-corrected chi connectivity index (χ4v) is 3.24. The third-order valence-corrected chi connectivity index (χ3v) is 5.73. The Bertz CT molecular complexity index is 614. The maximum atomic E-state index is 4.67. The molecule has 1 N–H and O–H groups in total. The lowest BCUT2D eigenvalue weighted by Gasteiger charge is -2.15. The van der Waals surface area contributed by atoms with Crippen molar-refractivity contribution in [3.63, 3.8) is 0 Å². The van der Waals surface area contributed by atoms with Crippen molar-refractivity contribution in [1.29, 1.82) is 0 Å². The van der Waals surface area contributed by atoms with Gasteiger partial charge < -0.3 is 5.32 Å². The molecular weight excluding hydrogens is 381 g/mol. The first-order chi connectivity index (χ1) is 9.32. The van der Waals surface area contributed by atoms with Crippen LogP contribution in [-0.2, 0) is 5.41 Å². The predicted octanol–water partition coefficient (Wildman–Crippen LogP) is 4.85.